The van der Waals surface area contributed by atoms with Crippen LogP contribution < -0.4 is 5.32 Å². The molecular weight excluding hydrogens is 379 g/mol. The van der Waals surface area contributed by atoms with Crippen LogP contribution in [0.4, 0.5) is 19.0 Å². The van der Waals surface area contributed by atoms with Gasteiger partial charge in [-0.25, -0.2) is 9.97 Å². The average molecular weight is 385 g/mol. The number of alkyl halides is 3. The van der Waals surface area contributed by atoms with Crippen molar-refractivity contribution in [3.63, 3.8) is 0 Å². The van der Waals surface area contributed by atoms with Gasteiger partial charge in [0.1, 0.15) is 5.82 Å². The van der Waals surface area contributed by atoms with E-state index >= 15 is 0 Å². The van der Waals surface area contributed by atoms with E-state index in [4.69, 9.17) is 0 Å². The molecule has 0 unspecified atom stereocenters. The van der Waals surface area contributed by atoms with Crippen LogP contribution in [-0.4, -0.2) is 17.0 Å². The largest absolute Gasteiger partial charge is 0.451 e. The molecule has 8 heteroatoms. The molecule has 1 N–H and O–H groups in total. The lowest BCUT2D eigenvalue weighted by molar-refractivity contribution is -0.144. The summed E-state index contributed by atoms with van der Waals surface area (Å²) in [7, 11) is 1.51. The Balaban J connectivity index is 2.84. The van der Waals surface area contributed by atoms with Crippen molar-refractivity contribution in [1.82, 2.24) is 9.97 Å². The van der Waals surface area contributed by atoms with Gasteiger partial charge in [0.2, 0.25) is 5.82 Å². The SMILES string of the molecule is CNc1nc(C(F)(F)F)nc2c(Br)cc(Br)cc12. The Morgan fingerprint density at radius 1 is 1.17 bits per heavy atom. The van der Waals surface area contributed by atoms with Crippen molar-refractivity contribution >= 4 is 48.6 Å². The van der Waals surface area contributed by atoms with Gasteiger partial charge < -0.3 is 5.32 Å². The Morgan fingerprint density at radius 3 is 2.39 bits per heavy atom. The Morgan fingerprint density at radius 2 is 1.83 bits per heavy atom. The molecule has 1 aromatic carbocycles. The Hall–Kier alpha value is -0.890. The van der Waals surface area contributed by atoms with Crippen LogP contribution in [-0.2, 0) is 6.18 Å². The molecule has 2 rings (SSSR count). The number of fused-ring (bicyclic) bond motifs is 1. The van der Waals surface area contributed by atoms with Crippen LogP contribution in [0.2, 0.25) is 0 Å². The molecule has 0 fully saturated rings. The molecule has 0 saturated heterocycles. The molecule has 0 spiro atoms. The van der Waals surface area contributed by atoms with Crippen molar-refractivity contribution in [3.05, 3.63) is 26.9 Å². The first kappa shape index (κ1) is 13.5. The summed E-state index contributed by atoms with van der Waals surface area (Å²) in [4.78, 5) is 7.04. The maximum absolute atomic E-state index is 12.7. The van der Waals surface area contributed by atoms with Crippen LogP contribution >= 0.6 is 31.9 Å². The third kappa shape index (κ3) is 2.44. The van der Waals surface area contributed by atoms with Gasteiger partial charge in [0, 0.05) is 21.4 Å². The molecule has 0 aliphatic rings. The van der Waals surface area contributed by atoms with Gasteiger partial charge in [0.15, 0.2) is 0 Å². The molecule has 0 radical (unpaired) electrons. The van der Waals surface area contributed by atoms with Crippen molar-refractivity contribution in [2.24, 2.45) is 0 Å². The molecule has 96 valence electrons. The quantitative estimate of drug-likeness (QED) is 0.800. The van der Waals surface area contributed by atoms with E-state index in [1.165, 1.54) is 7.05 Å². The second-order valence-corrected chi connectivity index (χ2v) is 5.20. The minimum absolute atomic E-state index is 0.134. The van der Waals surface area contributed by atoms with Gasteiger partial charge in [0.25, 0.3) is 0 Å². The highest BCUT2D eigenvalue weighted by Crippen LogP contribution is 2.34. The van der Waals surface area contributed by atoms with Crippen molar-refractivity contribution in [2.45, 2.75) is 6.18 Å². The molecule has 0 aliphatic carbocycles. The van der Waals surface area contributed by atoms with Crippen molar-refractivity contribution < 1.29 is 13.2 Å². The lowest BCUT2D eigenvalue weighted by atomic mass is 10.2. The lowest BCUT2D eigenvalue weighted by Gasteiger charge is -2.11. The number of benzene rings is 1. The van der Waals surface area contributed by atoms with Gasteiger partial charge in [-0.2, -0.15) is 13.2 Å². The molecule has 1 aromatic heterocycles. The summed E-state index contributed by atoms with van der Waals surface area (Å²) >= 11 is 6.47. The molecule has 0 aliphatic heterocycles. The summed E-state index contributed by atoms with van der Waals surface area (Å²) in [5.41, 5.74) is 0.213. The van der Waals surface area contributed by atoms with Crippen molar-refractivity contribution in [2.75, 3.05) is 12.4 Å². The molecule has 0 bridgehead atoms. The fourth-order valence-electron chi connectivity index (χ4n) is 1.47. The highest BCUT2D eigenvalue weighted by molar-refractivity contribution is 9.11. The van der Waals surface area contributed by atoms with Gasteiger partial charge in [-0.05, 0) is 28.1 Å². The predicted molar refractivity (Wildman–Crippen MR) is 69.5 cm³/mol. The summed E-state index contributed by atoms with van der Waals surface area (Å²) in [6, 6.07) is 3.29. The summed E-state index contributed by atoms with van der Waals surface area (Å²) in [6.07, 6.45) is -4.58. The number of halogens is 5. The number of rotatable bonds is 1. The molecule has 0 saturated carbocycles. The van der Waals surface area contributed by atoms with Crippen molar-refractivity contribution in [1.29, 1.82) is 0 Å². The zero-order valence-electron chi connectivity index (χ0n) is 8.94. The minimum Gasteiger partial charge on any atom is -0.373 e. The Bertz CT molecular complexity index is 613. The zero-order valence-corrected chi connectivity index (χ0v) is 12.1. The van der Waals surface area contributed by atoms with Gasteiger partial charge in [-0.3, -0.25) is 0 Å². The summed E-state index contributed by atoms with van der Waals surface area (Å²) in [5.74, 6) is -1.03. The number of hydrogen-bond donors (Lipinski definition) is 1. The van der Waals surface area contributed by atoms with E-state index in [-0.39, 0.29) is 11.3 Å². The fourth-order valence-corrected chi connectivity index (χ4v) is 2.79. The maximum atomic E-state index is 12.7. The van der Waals surface area contributed by atoms with Crippen LogP contribution in [0.15, 0.2) is 21.1 Å². The highest BCUT2D eigenvalue weighted by Gasteiger charge is 2.35. The fraction of sp³-hybridized carbons (Fsp3) is 0.200. The molecule has 3 nitrogen and oxygen atoms in total. The Labute approximate surface area is 117 Å². The first-order valence-corrected chi connectivity index (χ1v) is 6.33. The molecule has 0 amide bonds. The molecule has 0 atom stereocenters. The minimum atomic E-state index is -4.58. The van der Waals surface area contributed by atoms with E-state index in [0.717, 1.165) is 4.47 Å². The van der Waals surface area contributed by atoms with Crippen LogP contribution in [0, 0.1) is 0 Å². The normalized spacial score (nSPS) is 11.9. The van der Waals surface area contributed by atoms with E-state index in [2.05, 4.69) is 47.1 Å². The first-order chi connectivity index (χ1) is 8.32. The van der Waals surface area contributed by atoms with Gasteiger partial charge in [0.05, 0.1) is 5.52 Å². The van der Waals surface area contributed by atoms with E-state index in [1.807, 2.05) is 0 Å². The Kier molecular flexibility index (Phi) is 3.50. The third-order valence-electron chi connectivity index (χ3n) is 2.21. The van der Waals surface area contributed by atoms with Crippen molar-refractivity contribution in [3.8, 4) is 0 Å². The molecular formula is C10H6Br2F3N3. The first-order valence-electron chi connectivity index (χ1n) is 4.74. The van der Waals surface area contributed by atoms with Crippen LogP contribution in [0.25, 0.3) is 10.9 Å². The second-order valence-electron chi connectivity index (χ2n) is 3.43. The summed E-state index contributed by atoms with van der Waals surface area (Å²) in [6.45, 7) is 0. The van der Waals surface area contributed by atoms with Gasteiger partial charge in [-0.1, -0.05) is 15.9 Å². The average Bonchev–Trinajstić information content (AvgIpc) is 2.26. The van der Waals surface area contributed by atoms with E-state index < -0.39 is 12.0 Å². The molecule has 18 heavy (non-hydrogen) atoms. The van der Waals surface area contributed by atoms with E-state index in [0.29, 0.717) is 9.86 Å². The maximum Gasteiger partial charge on any atom is 0.451 e. The number of nitrogens with zero attached hydrogens (tertiary/aromatic N) is 2. The summed E-state index contributed by atoms with van der Waals surface area (Å²) < 4.78 is 39.2. The van der Waals surface area contributed by atoms with Crippen LogP contribution in [0.5, 0.6) is 0 Å². The smallest absolute Gasteiger partial charge is 0.373 e. The van der Waals surface area contributed by atoms with Gasteiger partial charge in [-0.15, -0.1) is 0 Å². The summed E-state index contributed by atoms with van der Waals surface area (Å²) in [5, 5.41) is 3.15. The predicted octanol–water partition coefficient (Wildman–Crippen LogP) is 4.22. The lowest BCUT2D eigenvalue weighted by Crippen LogP contribution is -2.13. The molecule has 2 aromatic rings. The van der Waals surface area contributed by atoms with Crippen LogP contribution in [0.3, 0.4) is 0 Å². The number of anilines is 1. The van der Waals surface area contributed by atoms with Gasteiger partial charge >= 0.3 is 6.18 Å². The topological polar surface area (TPSA) is 37.8 Å². The van der Waals surface area contributed by atoms with E-state index in [9.17, 15) is 13.2 Å². The third-order valence-corrected chi connectivity index (χ3v) is 3.27. The molecule has 1 heterocycles. The standard InChI is InChI=1S/C10H6Br2F3N3/c1-16-8-5-2-4(11)3-6(12)7(5)17-9(18-8)10(13,14)15/h2-3H,1H3,(H,16,17,18). The zero-order chi connectivity index (χ0) is 13.5. The second kappa shape index (κ2) is 4.65. The monoisotopic (exact) mass is 383 g/mol. The highest BCUT2D eigenvalue weighted by atomic mass is 79.9. The number of hydrogen-bond acceptors (Lipinski definition) is 3. The van der Waals surface area contributed by atoms with E-state index in [1.54, 1.807) is 12.1 Å². The number of aromatic nitrogens is 2. The van der Waals surface area contributed by atoms with Crippen LogP contribution in [0.1, 0.15) is 5.82 Å². The number of nitrogens with one attached hydrogen (secondary N) is 1.